The van der Waals surface area contributed by atoms with Gasteiger partial charge >= 0.3 is 0 Å². The number of rotatable bonds is 5. The summed E-state index contributed by atoms with van der Waals surface area (Å²) in [5.41, 5.74) is 1.15. The Balaban J connectivity index is 2.00. The zero-order chi connectivity index (χ0) is 15.2. The van der Waals surface area contributed by atoms with Crippen LogP contribution in [0.1, 0.15) is 51.0 Å². The molecule has 21 heavy (non-hydrogen) atoms. The lowest BCUT2D eigenvalue weighted by molar-refractivity contribution is -0.140. The molecule has 0 N–H and O–H groups in total. The first kappa shape index (κ1) is 15.9. The van der Waals surface area contributed by atoms with Crippen LogP contribution in [-0.2, 0) is 4.79 Å². The van der Waals surface area contributed by atoms with Crippen LogP contribution in [0.5, 0.6) is 5.75 Å². The summed E-state index contributed by atoms with van der Waals surface area (Å²) >= 11 is 0. The summed E-state index contributed by atoms with van der Waals surface area (Å²) in [5.74, 6) is 0.901. The number of amides is 1. The van der Waals surface area contributed by atoms with Crippen molar-refractivity contribution in [3.8, 4) is 5.75 Å². The minimum absolute atomic E-state index is 0.117. The first-order valence-corrected chi connectivity index (χ1v) is 8.11. The molecule has 0 saturated heterocycles. The quantitative estimate of drug-likeness (QED) is 0.821. The minimum Gasteiger partial charge on any atom is -0.481 e. The molecule has 0 spiro atoms. The van der Waals surface area contributed by atoms with Gasteiger partial charge in [-0.2, -0.15) is 0 Å². The molecule has 0 aromatic heterocycles. The maximum atomic E-state index is 12.7. The Labute approximate surface area is 128 Å². The molecule has 1 aromatic rings. The number of nitrogens with zero attached hydrogens (tertiary/aromatic N) is 1. The van der Waals surface area contributed by atoms with Gasteiger partial charge in [-0.25, -0.2) is 0 Å². The van der Waals surface area contributed by atoms with E-state index in [1.807, 2.05) is 50.1 Å². The van der Waals surface area contributed by atoms with Crippen LogP contribution >= 0.6 is 0 Å². The van der Waals surface area contributed by atoms with Crippen molar-refractivity contribution in [1.29, 1.82) is 0 Å². The van der Waals surface area contributed by atoms with E-state index in [9.17, 15) is 4.79 Å². The summed E-state index contributed by atoms with van der Waals surface area (Å²) in [6.45, 7) is 4.04. The van der Waals surface area contributed by atoms with Crippen LogP contribution in [0.2, 0.25) is 0 Å². The second-order valence-electron chi connectivity index (χ2n) is 6.07. The van der Waals surface area contributed by atoms with Crippen molar-refractivity contribution < 1.29 is 9.53 Å². The van der Waals surface area contributed by atoms with Crippen LogP contribution in [0.3, 0.4) is 0 Å². The number of hydrogen-bond donors (Lipinski definition) is 0. The Kier molecular flexibility index (Phi) is 5.66. The summed E-state index contributed by atoms with van der Waals surface area (Å²) in [6.07, 6.45) is 6.35. The van der Waals surface area contributed by atoms with Gasteiger partial charge in [0.15, 0.2) is 6.10 Å². The number of ether oxygens (including phenoxy) is 1. The van der Waals surface area contributed by atoms with E-state index < -0.39 is 0 Å². The first-order chi connectivity index (χ1) is 10.1. The molecule has 0 aliphatic heterocycles. The molecule has 1 fully saturated rings. The van der Waals surface area contributed by atoms with Gasteiger partial charge in [0.2, 0.25) is 0 Å². The molecule has 1 aliphatic carbocycles. The molecule has 1 aromatic carbocycles. The van der Waals surface area contributed by atoms with Gasteiger partial charge < -0.3 is 9.64 Å². The van der Waals surface area contributed by atoms with Crippen LogP contribution < -0.4 is 4.74 Å². The van der Waals surface area contributed by atoms with Crippen LogP contribution in [0, 0.1) is 6.92 Å². The van der Waals surface area contributed by atoms with Gasteiger partial charge in [-0.15, -0.1) is 0 Å². The molecule has 1 aliphatic rings. The van der Waals surface area contributed by atoms with Gasteiger partial charge in [-0.3, -0.25) is 4.79 Å². The molecule has 2 rings (SSSR count). The topological polar surface area (TPSA) is 29.5 Å². The highest BCUT2D eigenvalue weighted by atomic mass is 16.5. The lowest BCUT2D eigenvalue weighted by Crippen LogP contribution is -2.45. The predicted octanol–water partition coefficient (Wildman–Crippen LogP) is 3.94. The fraction of sp³-hybridized carbons (Fsp3) is 0.611. The van der Waals surface area contributed by atoms with Gasteiger partial charge in [0.25, 0.3) is 5.91 Å². The maximum absolute atomic E-state index is 12.7. The second-order valence-corrected chi connectivity index (χ2v) is 6.07. The highest BCUT2D eigenvalue weighted by molar-refractivity contribution is 5.81. The van der Waals surface area contributed by atoms with E-state index in [0.29, 0.717) is 12.5 Å². The van der Waals surface area contributed by atoms with E-state index in [1.165, 1.54) is 19.3 Å². The van der Waals surface area contributed by atoms with Crippen LogP contribution in [0.25, 0.3) is 0 Å². The molecular weight excluding hydrogens is 262 g/mol. The van der Waals surface area contributed by atoms with E-state index in [1.54, 1.807) is 0 Å². The van der Waals surface area contributed by atoms with E-state index in [-0.39, 0.29) is 12.0 Å². The largest absolute Gasteiger partial charge is 0.481 e. The van der Waals surface area contributed by atoms with E-state index in [2.05, 4.69) is 0 Å². The zero-order valence-electron chi connectivity index (χ0n) is 13.5. The first-order valence-electron chi connectivity index (χ1n) is 8.11. The molecule has 0 heterocycles. The Bertz CT molecular complexity index is 466. The second kappa shape index (κ2) is 7.48. The molecule has 0 bridgehead atoms. The summed E-state index contributed by atoms with van der Waals surface area (Å²) in [6, 6.07) is 8.29. The highest BCUT2D eigenvalue weighted by Crippen LogP contribution is 2.23. The summed E-state index contributed by atoms with van der Waals surface area (Å²) in [7, 11) is 1.93. The standard InChI is InChI=1S/C18H27NO2/c1-4-17(21-16-12-8-9-14(2)13-16)18(20)19(3)15-10-6-5-7-11-15/h8-9,12-13,15,17H,4-7,10-11H2,1-3H3/t17-/m0/s1. The Hall–Kier alpha value is -1.51. The minimum atomic E-state index is -0.376. The molecule has 0 radical (unpaired) electrons. The average Bonchev–Trinajstić information content (AvgIpc) is 2.52. The fourth-order valence-corrected chi connectivity index (χ4v) is 3.04. The zero-order valence-corrected chi connectivity index (χ0v) is 13.5. The van der Waals surface area contributed by atoms with Gasteiger partial charge in [0.1, 0.15) is 5.75 Å². The Morgan fingerprint density at radius 2 is 2.05 bits per heavy atom. The third kappa shape index (κ3) is 4.23. The van der Waals surface area contributed by atoms with E-state index in [4.69, 9.17) is 4.74 Å². The summed E-state index contributed by atoms with van der Waals surface area (Å²) < 4.78 is 5.93. The van der Waals surface area contributed by atoms with Crippen LogP contribution in [0.15, 0.2) is 24.3 Å². The summed E-state index contributed by atoms with van der Waals surface area (Å²) in [5, 5.41) is 0. The molecule has 3 nitrogen and oxygen atoms in total. The number of carbonyl (C=O) groups is 1. The molecule has 1 amide bonds. The van der Waals surface area contributed by atoms with E-state index >= 15 is 0 Å². The molecular formula is C18H27NO2. The van der Waals surface area contributed by atoms with Crippen LogP contribution in [0.4, 0.5) is 0 Å². The lowest BCUT2D eigenvalue weighted by Gasteiger charge is -2.33. The normalized spacial score (nSPS) is 17.3. The maximum Gasteiger partial charge on any atom is 0.263 e. The highest BCUT2D eigenvalue weighted by Gasteiger charge is 2.28. The number of aryl methyl sites for hydroxylation is 1. The predicted molar refractivity (Wildman–Crippen MR) is 85.5 cm³/mol. The third-order valence-electron chi connectivity index (χ3n) is 4.38. The number of benzene rings is 1. The van der Waals surface area contributed by atoms with E-state index in [0.717, 1.165) is 24.2 Å². The van der Waals surface area contributed by atoms with Gasteiger partial charge in [0.05, 0.1) is 0 Å². The van der Waals surface area contributed by atoms with Crippen molar-refractivity contribution in [3.63, 3.8) is 0 Å². The number of hydrogen-bond acceptors (Lipinski definition) is 2. The Morgan fingerprint density at radius 3 is 2.67 bits per heavy atom. The van der Waals surface area contributed by atoms with Crippen molar-refractivity contribution in [1.82, 2.24) is 4.90 Å². The van der Waals surface area contributed by atoms with Crippen LogP contribution in [-0.4, -0.2) is 30.0 Å². The number of carbonyl (C=O) groups excluding carboxylic acids is 1. The molecule has 3 heteroatoms. The molecule has 0 unspecified atom stereocenters. The van der Waals surface area contributed by atoms with Gasteiger partial charge in [-0.05, 0) is 43.9 Å². The van der Waals surface area contributed by atoms with Gasteiger partial charge in [-0.1, -0.05) is 38.3 Å². The SMILES string of the molecule is CC[C@H](Oc1cccc(C)c1)C(=O)N(C)C1CCCCC1. The third-order valence-corrected chi connectivity index (χ3v) is 4.38. The van der Waals surface area contributed by atoms with Crippen molar-refractivity contribution in [2.45, 2.75) is 64.5 Å². The number of likely N-dealkylation sites (N-methyl/N-ethyl adjacent to an activating group) is 1. The van der Waals surface area contributed by atoms with Gasteiger partial charge in [0, 0.05) is 13.1 Å². The smallest absolute Gasteiger partial charge is 0.263 e. The van der Waals surface area contributed by atoms with Crippen molar-refractivity contribution in [2.75, 3.05) is 7.05 Å². The fourth-order valence-electron chi connectivity index (χ4n) is 3.04. The molecule has 1 saturated carbocycles. The van der Waals surface area contributed by atoms with Crippen molar-refractivity contribution in [2.24, 2.45) is 0 Å². The summed E-state index contributed by atoms with van der Waals surface area (Å²) in [4.78, 5) is 14.6. The molecule has 1 atom stereocenters. The monoisotopic (exact) mass is 289 g/mol. The Morgan fingerprint density at radius 1 is 1.33 bits per heavy atom. The molecule has 116 valence electrons. The lowest BCUT2D eigenvalue weighted by atomic mass is 9.94. The average molecular weight is 289 g/mol. The van der Waals surface area contributed by atoms with Crippen molar-refractivity contribution in [3.05, 3.63) is 29.8 Å². The van der Waals surface area contributed by atoms with Crippen molar-refractivity contribution >= 4 is 5.91 Å².